The molecule has 4 heteroatoms. The third-order valence-corrected chi connectivity index (χ3v) is 3.66. The summed E-state index contributed by atoms with van der Waals surface area (Å²) in [5.41, 5.74) is 7.71. The number of nitrogens with zero attached hydrogens (tertiary/aromatic N) is 2. The smallest absolute Gasteiger partial charge is 0.0850 e. The summed E-state index contributed by atoms with van der Waals surface area (Å²) in [6, 6.07) is 0. The van der Waals surface area contributed by atoms with Crippen LogP contribution in [0.15, 0.2) is 12.7 Å². The molecule has 0 bridgehead atoms. The van der Waals surface area contributed by atoms with Crippen molar-refractivity contribution < 1.29 is 0 Å². The molecule has 1 rings (SSSR count). The van der Waals surface area contributed by atoms with Gasteiger partial charge in [0.25, 0.3) is 0 Å². The molecule has 1 heterocycles. The number of halogens is 1. The lowest BCUT2D eigenvalue weighted by molar-refractivity contribution is 0.419. The van der Waals surface area contributed by atoms with Crippen molar-refractivity contribution in [3.63, 3.8) is 0 Å². The molecule has 0 aromatic carbocycles. The Morgan fingerprint density at radius 1 is 1.53 bits per heavy atom. The van der Waals surface area contributed by atoms with Gasteiger partial charge >= 0.3 is 0 Å². The van der Waals surface area contributed by atoms with Crippen molar-refractivity contribution in [1.29, 1.82) is 0 Å². The molecule has 3 nitrogen and oxygen atoms in total. The zero-order valence-corrected chi connectivity index (χ0v) is 11.7. The van der Waals surface area contributed by atoms with Crippen LogP contribution in [0.2, 0.25) is 5.02 Å². The molecule has 0 fully saturated rings. The maximum absolute atomic E-state index is 6.37. The second-order valence-corrected chi connectivity index (χ2v) is 4.99. The first-order valence-electron chi connectivity index (χ1n) is 6.09. The van der Waals surface area contributed by atoms with Crippen LogP contribution in [0.25, 0.3) is 0 Å². The van der Waals surface area contributed by atoms with E-state index >= 15 is 0 Å². The van der Waals surface area contributed by atoms with E-state index in [0.29, 0.717) is 6.54 Å². The summed E-state index contributed by atoms with van der Waals surface area (Å²) in [5, 5.41) is 5.30. The number of aromatic nitrogens is 2. The standard InChI is InChI=1S/C13H22ClN3/c1-5-10-12(14)11(17(7-3)16-10)8-13(4,6-2)9-15/h6H,2,5,7-9,15H2,1,3-4H3. The molecule has 1 aromatic heterocycles. The fourth-order valence-corrected chi connectivity index (χ4v) is 2.13. The Morgan fingerprint density at radius 2 is 2.18 bits per heavy atom. The molecule has 0 aliphatic rings. The van der Waals surface area contributed by atoms with Gasteiger partial charge in [0.2, 0.25) is 0 Å². The van der Waals surface area contributed by atoms with E-state index in [0.717, 1.165) is 35.8 Å². The maximum Gasteiger partial charge on any atom is 0.0850 e. The highest BCUT2D eigenvalue weighted by Gasteiger charge is 2.24. The molecule has 96 valence electrons. The van der Waals surface area contributed by atoms with Crippen LogP contribution < -0.4 is 5.73 Å². The first-order valence-corrected chi connectivity index (χ1v) is 6.46. The summed E-state index contributed by atoms with van der Waals surface area (Å²) in [6.45, 7) is 11.5. The van der Waals surface area contributed by atoms with E-state index in [9.17, 15) is 0 Å². The van der Waals surface area contributed by atoms with Crippen LogP contribution in [0.1, 0.15) is 32.2 Å². The number of hydrogen-bond donors (Lipinski definition) is 1. The Bertz CT molecular complexity index is 398. The van der Waals surface area contributed by atoms with Crippen molar-refractivity contribution in [3.8, 4) is 0 Å². The molecule has 2 N–H and O–H groups in total. The van der Waals surface area contributed by atoms with Crippen LogP contribution >= 0.6 is 11.6 Å². The normalized spacial score (nSPS) is 14.6. The number of nitrogens with two attached hydrogens (primary N) is 1. The Morgan fingerprint density at radius 3 is 2.59 bits per heavy atom. The Hall–Kier alpha value is -0.800. The summed E-state index contributed by atoms with van der Waals surface area (Å²) < 4.78 is 1.97. The molecule has 0 saturated heterocycles. The zero-order valence-electron chi connectivity index (χ0n) is 11.0. The second kappa shape index (κ2) is 5.69. The van der Waals surface area contributed by atoms with Gasteiger partial charge in [-0.15, -0.1) is 6.58 Å². The number of aryl methyl sites for hydroxylation is 2. The van der Waals surface area contributed by atoms with Gasteiger partial charge in [0.05, 0.1) is 16.4 Å². The lowest BCUT2D eigenvalue weighted by Crippen LogP contribution is -2.28. The van der Waals surface area contributed by atoms with Crippen LogP contribution in [0.4, 0.5) is 0 Å². The van der Waals surface area contributed by atoms with Crippen LogP contribution in [-0.4, -0.2) is 16.3 Å². The Kier molecular flexibility index (Phi) is 4.78. The molecule has 1 atom stereocenters. The van der Waals surface area contributed by atoms with Gasteiger partial charge in [-0.25, -0.2) is 0 Å². The minimum absolute atomic E-state index is 0.123. The molecule has 17 heavy (non-hydrogen) atoms. The van der Waals surface area contributed by atoms with E-state index in [1.165, 1.54) is 0 Å². The van der Waals surface area contributed by atoms with Gasteiger partial charge in [-0.1, -0.05) is 31.5 Å². The summed E-state index contributed by atoms with van der Waals surface area (Å²) in [6.07, 6.45) is 3.54. The van der Waals surface area contributed by atoms with Crippen LogP contribution in [0.5, 0.6) is 0 Å². The van der Waals surface area contributed by atoms with Gasteiger partial charge in [-0.3, -0.25) is 4.68 Å². The second-order valence-electron chi connectivity index (χ2n) is 4.62. The fourth-order valence-electron chi connectivity index (χ4n) is 1.80. The van der Waals surface area contributed by atoms with E-state index in [1.54, 1.807) is 0 Å². The van der Waals surface area contributed by atoms with Crippen molar-refractivity contribution in [3.05, 3.63) is 29.1 Å². The predicted molar refractivity (Wildman–Crippen MR) is 73.4 cm³/mol. The van der Waals surface area contributed by atoms with Crippen molar-refractivity contribution >= 4 is 11.6 Å². The largest absolute Gasteiger partial charge is 0.330 e. The maximum atomic E-state index is 6.37. The van der Waals surface area contributed by atoms with E-state index < -0.39 is 0 Å². The zero-order chi connectivity index (χ0) is 13.1. The average molecular weight is 256 g/mol. The molecule has 0 spiro atoms. The molecule has 0 amide bonds. The molecule has 0 saturated carbocycles. The first kappa shape index (κ1) is 14.3. The van der Waals surface area contributed by atoms with Gasteiger partial charge in [-0.2, -0.15) is 5.10 Å². The average Bonchev–Trinajstić information content (AvgIpc) is 2.66. The highest BCUT2D eigenvalue weighted by molar-refractivity contribution is 6.31. The van der Waals surface area contributed by atoms with Crippen molar-refractivity contribution in [1.82, 2.24) is 9.78 Å². The highest BCUT2D eigenvalue weighted by Crippen LogP contribution is 2.29. The van der Waals surface area contributed by atoms with Crippen LogP contribution in [0, 0.1) is 5.41 Å². The lowest BCUT2D eigenvalue weighted by atomic mass is 9.85. The molecule has 0 aliphatic heterocycles. The van der Waals surface area contributed by atoms with Crippen molar-refractivity contribution in [2.45, 2.75) is 40.2 Å². The van der Waals surface area contributed by atoms with E-state index in [1.807, 2.05) is 10.8 Å². The van der Waals surface area contributed by atoms with Gasteiger partial charge in [0.15, 0.2) is 0 Å². The van der Waals surface area contributed by atoms with Crippen molar-refractivity contribution in [2.24, 2.45) is 11.1 Å². The number of hydrogen-bond acceptors (Lipinski definition) is 2. The highest BCUT2D eigenvalue weighted by atomic mass is 35.5. The summed E-state index contributed by atoms with van der Waals surface area (Å²) in [4.78, 5) is 0. The minimum Gasteiger partial charge on any atom is -0.330 e. The third-order valence-electron chi connectivity index (χ3n) is 3.22. The molecule has 0 aliphatic carbocycles. The van der Waals surface area contributed by atoms with E-state index in [4.69, 9.17) is 17.3 Å². The minimum atomic E-state index is -0.123. The van der Waals surface area contributed by atoms with E-state index in [2.05, 4.69) is 32.4 Å². The van der Waals surface area contributed by atoms with E-state index in [-0.39, 0.29) is 5.41 Å². The molecular weight excluding hydrogens is 234 g/mol. The molecular formula is C13H22ClN3. The summed E-state index contributed by atoms with van der Waals surface area (Å²) in [5.74, 6) is 0. The third kappa shape index (κ3) is 2.90. The monoisotopic (exact) mass is 255 g/mol. The summed E-state index contributed by atoms with van der Waals surface area (Å²) >= 11 is 6.37. The fraction of sp³-hybridized carbons (Fsp3) is 0.615. The van der Waals surface area contributed by atoms with Gasteiger partial charge in [0.1, 0.15) is 0 Å². The van der Waals surface area contributed by atoms with Crippen molar-refractivity contribution in [2.75, 3.05) is 6.54 Å². The Balaban J connectivity index is 3.12. The summed E-state index contributed by atoms with van der Waals surface area (Å²) in [7, 11) is 0. The quantitative estimate of drug-likeness (QED) is 0.795. The lowest BCUT2D eigenvalue weighted by Gasteiger charge is -2.24. The van der Waals surface area contributed by atoms with Crippen LogP contribution in [0.3, 0.4) is 0 Å². The van der Waals surface area contributed by atoms with Crippen LogP contribution in [-0.2, 0) is 19.4 Å². The predicted octanol–water partition coefficient (Wildman–Crippen LogP) is 2.81. The van der Waals surface area contributed by atoms with Gasteiger partial charge < -0.3 is 5.73 Å². The SMILES string of the molecule is C=CC(C)(CN)Cc1c(Cl)c(CC)nn1CC. The first-order chi connectivity index (χ1) is 8.01. The molecule has 1 aromatic rings. The van der Waals surface area contributed by atoms with Gasteiger partial charge in [-0.05, 0) is 13.3 Å². The molecule has 1 unspecified atom stereocenters. The Labute approximate surface area is 109 Å². The van der Waals surface area contributed by atoms with Gasteiger partial charge in [0, 0.05) is 24.9 Å². The topological polar surface area (TPSA) is 43.8 Å². The molecule has 0 radical (unpaired) electrons. The number of rotatable bonds is 6.